The van der Waals surface area contributed by atoms with E-state index in [2.05, 4.69) is 28.9 Å². The second-order valence-electron chi connectivity index (χ2n) is 7.63. The lowest BCUT2D eigenvalue weighted by Crippen LogP contribution is -2.31. The summed E-state index contributed by atoms with van der Waals surface area (Å²) in [7, 11) is 0. The SMILES string of the molecule is C/C=C\C.C=CCC(CCCCCC)CNC(=O)c1cc(-n2ncc(=O)[nH]c2=O)ccc1Cl.CC.CC. The first-order valence-corrected chi connectivity index (χ1v) is 13.7. The highest BCUT2D eigenvalue weighted by molar-refractivity contribution is 6.33. The first kappa shape index (κ1) is 36.2. The maximum Gasteiger partial charge on any atom is 0.349 e. The van der Waals surface area contributed by atoms with E-state index in [-0.39, 0.29) is 16.5 Å². The lowest BCUT2D eigenvalue weighted by atomic mass is 9.97. The van der Waals surface area contributed by atoms with Gasteiger partial charge in [-0.2, -0.15) is 9.78 Å². The summed E-state index contributed by atoms with van der Waals surface area (Å²) in [6, 6.07) is 4.56. The molecule has 7 nitrogen and oxygen atoms in total. The highest BCUT2D eigenvalue weighted by Crippen LogP contribution is 2.20. The molecule has 0 aliphatic carbocycles. The smallest absolute Gasteiger partial charge is 0.349 e. The van der Waals surface area contributed by atoms with Crippen LogP contribution in [0.2, 0.25) is 5.02 Å². The quantitative estimate of drug-likeness (QED) is 0.237. The van der Waals surface area contributed by atoms with Gasteiger partial charge in [0.05, 0.1) is 16.3 Å². The predicted octanol–water partition coefficient (Wildman–Crippen LogP) is 7.10. The van der Waals surface area contributed by atoms with Crippen LogP contribution in [0.4, 0.5) is 0 Å². The van der Waals surface area contributed by atoms with Gasteiger partial charge in [-0.05, 0) is 50.8 Å². The first-order valence-electron chi connectivity index (χ1n) is 13.3. The third kappa shape index (κ3) is 15.0. The molecule has 208 valence electrons. The molecule has 8 heteroatoms. The molecule has 0 saturated carbocycles. The molecule has 0 fully saturated rings. The molecule has 2 aromatic rings. The number of nitrogens with zero attached hydrogens (tertiary/aromatic N) is 2. The summed E-state index contributed by atoms with van der Waals surface area (Å²) in [5, 5.41) is 7.00. The van der Waals surface area contributed by atoms with Crippen molar-refractivity contribution in [1.82, 2.24) is 20.1 Å². The Labute approximate surface area is 228 Å². The standard InChI is InChI=1S/C21H27ClN4O3.C4H8.2C2H6/c1-3-5-6-7-9-15(8-4-2)13-23-20(28)17-12-16(10-11-18(17)22)26-21(29)25-19(27)14-24-26;1-3-4-2;2*1-2/h4,10-12,14-15H,2-3,5-9,13H2,1H3,(H,23,28)(H,25,27,29);3-4H,1-2H3;2*1-2H3/b;4-3-;;. The van der Waals surface area contributed by atoms with Crippen LogP contribution in [0.15, 0.2) is 58.8 Å². The second kappa shape index (κ2) is 23.5. The highest BCUT2D eigenvalue weighted by atomic mass is 35.5. The van der Waals surface area contributed by atoms with E-state index >= 15 is 0 Å². The van der Waals surface area contributed by atoms with Gasteiger partial charge in [-0.25, -0.2) is 4.79 Å². The molecule has 1 amide bonds. The Morgan fingerprint density at radius 1 is 1.14 bits per heavy atom. The van der Waals surface area contributed by atoms with Crippen molar-refractivity contribution in [2.75, 3.05) is 6.54 Å². The molecule has 2 N–H and O–H groups in total. The summed E-state index contributed by atoms with van der Waals surface area (Å²) in [6.07, 6.45) is 13.4. The molecule has 1 heterocycles. The third-order valence-corrected chi connectivity index (χ3v) is 5.33. The van der Waals surface area contributed by atoms with Crippen LogP contribution in [-0.4, -0.2) is 27.2 Å². The van der Waals surface area contributed by atoms with Crippen molar-refractivity contribution in [3.63, 3.8) is 0 Å². The van der Waals surface area contributed by atoms with Crippen molar-refractivity contribution in [2.24, 2.45) is 5.92 Å². The Hall–Kier alpha value is -2.93. The summed E-state index contributed by atoms with van der Waals surface area (Å²) >= 11 is 6.20. The van der Waals surface area contributed by atoms with Crippen LogP contribution in [0.5, 0.6) is 0 Å². The van der Waals surface area contributed by atoms with E-state index in [9.17, 15) is 14.4 Å². The van der Waals surface area contributed by atoms with Crippen LogP contribution < -0.4 is 16.6 Å². The van der Waals surface area contributed by atoms with Crippen LogP contribution in [-0.2, 0) is 0 Å². The van der Waals surface area contributed by atoms with E-state index < -0.39 is 11.2 Å². The number of hydrogen-bond donors (Lipinski definition) is 2. The number of hydrogen-bond acceptors (Lipinski definition) is 4. The number of aromatic amines is 1. The number of unbranched alkanes of at least 4 members (excludes halogenated alkanes) is 3. The minimum atomic E-state index is -0.690. The van der Waals surface area contributed by atoms with E-state index in [1.54, 1.807) is 6.07 Å². The molecule has 2 rings (SSSR count). The fraction of sp³-hybridized carbons (Fsp3) is 0.517. The predicted molar refractivity (Wildman–Crippen MR) is 158 cm³/mol. The molecule has 0 saturated heterocycles. The van der Waals surface area contributed by atoms with Crippen molar-refractivity contribution in [2.45, 2.75) is 87.0 Å². The number of halogens is 1. The third-order valence-electron chi connectivity index (χ3n) is 5.00. The summed E-state index contributed by atoms with van der Waals surface area (Å²) in [4.78, 5) is 38.0. The zero-order chi connectivity index (χ0) is 28.6. The zero-order valence-electron chi connectivity index (χ0n) is 23.8. The van der Waals surface area contributed by atoms with Crippen LogP contribution >= 0.6 is 11.6 Å². The van der Waals surface area contributed by atoms with E-state index in [1.807, 2.05) is 59.8 Å². The van der Waals surface area contributed by atoms with Gasteiger partial charge < -0.3 is 5.32 Å². The van der Waals surface area contributed by atoms with Crippen LogP contribution in [0, 0.1) is 5.92 Å². The highest BCUT2D eigenvalue weighted by Gasteiger charge is 2.15. The molecule has 1 aromatic heterocycles. The molecule has 0 bridgehead atoms. The van der Waals surface area contributed by atoms with Crippen molar-refractivity contribution in [3.8, 4) is 5.69 Å². The molecule has 0 aliphatic heterocycles. The minimum Gasteiger partial charge on any atom is -0.352 e. The molecular formula is C29H47ClN4O3. The number of benzene rings is 1. The number of nitrogens with one attached hydrogen (secondary N) is 2. The lowest BCUT2D eigenvalue weighted by Gasteiger charge is -2.16. The summed E-state index contributed by atoms with van der Waals surface area (Å²) in [5.41, 5.74) is -0.704. The van der Waals surface area contributed by atoms with Gasteiger partial charge in [0, 0.05) is 6.54 Å². The van der Waals surface area contributed by atoms with Gasteiger partial charge in [0.15, 0.2) is 0 Å². The summed E-state index contributed by atoms with van der Waals surface area (Å²) < 4.78 is 1.00. The average molecular weight is 535 g/mol. The molecule has 1 aromatic carbocycles. The Morgan fingerprint density at radius 3 is 2.32 bits per heavy atom. The van der Waals surface area contributed by atoms with Crippen LogP contribution in [0.25, 0.3) is 5.69 Å². The van der Waals surface area contributed by atoms with E-state index in [0.717, 1.165) is 30.1 Å². The van der Waals surface area contributed by atoms with Gasteiger partial charge >= 0.3 is 5.69 Å². The molecule has 37 heavy (non-hydrogen) atoms. The number of aromatic nitrogens is 3. The van der Waals surface area contributed by atoms with Gasteiger partial charge in [0.2, 0.25) is 0 Å². The van der Waals surface area contributed by atoms with Crippen LogP contribution in [0.1, 0.15) is 97.3 Å². The number of allylic oxidation sites excluding steroid dienone is 3. The van der Waals surface area contributed by atoms with E-state index in [4.69, 9.17) is 11.6 Å². The largest absolute Gasteiger partial charge is 0.352 e. The Kier molecular flexibility index (Phi) is 23.0. The Balaban J connectivity index is 0. The van der Waals surface area contributed by atoms with Crippen molar-refractivity contribution >= 4 is 17.5 Å². The minimum absolute atomic E-state index is 0.243. The monoisotopic (exact) mass is 534 g/mol. The number of carbonyl (C=O) groups excluding carboxylic acids is 1. The maximum atomic E-state index is 12.7. The number of carbonyl (C=O) groups is 1. The summed E-state index contributed by atoms with van der Waals surface area (Å²) in [5.74, 6) is -0.00399. The maximum absolute atomic E-state index is 12.7. The fourth-order valence-corrected chi connectivity index (χ4v) is 3.29. The van der Waals surface area contributed by atoms with E-state index in [1.165, 1.54) is 31.4 Å². The summed E-state index contributed by atoms with van der Waals surface area (Å²) in [6.45, 7) is 18.5. The number of H-pyrrole nitrogens is 1. The van der Waals surface area contributed by atoms with E-state index in [0.29, 0.717) is 18.2 Å². The Bertz CT molecular complexity index is 1020. The molecule has 1 atom stereocenters. The molecule has 0 aliphatic rings. The molecular weight excluding hydrogens is 488 g/mol. The number of amides is 1. The normalized spacial score (nSPS) is 10.6. The van der Waals surface area contributed by atoms with Crippen molar-refractivity contribution in [1.29, 1.82) is 0 Å². The Morgan fingerprint density at radius 2 is 1.78 bits per heavy atom. The van der Waals surface area contributed by atoms with Crippen molar-refractivity contribution < 1.29 is 4.79 Å². The van der Waals surface area contributed by atoms with Crippen molar-refractivity contribution in [3.05, 3.63) is 80.6 Å². The molecule has 0 radical (unpaired) electrons. The number of rotatable bonds is 11. The van der Waals surface area contributed by atoms with Gasteiger partial charge in [0.25, 0.3) is 11.5 Å². The molecule has 1 unspecified atom stereocenters. The molecule has 0 spiro atoms. The first-order chi connectivity index (χ1) is 17.9. The van der Waals surface area contributed by atoms with Gasteiger partial charge in [-0.15, -0.1) is 6.58 Å². The second-order valence-corrected chi connectivity index (χ2v) is 8.04. The van der Waals surface area contributed by atoms with Crippen LogP contribution in [0.3, 0.4) is 0 Å². The van der Waals surface area contributed by atoms with Gasteiger partial charge in [0.1, 0.15) is 6.20 Å². The lowest BCUT2D eigenvalue weighted by molar-refractivity contribution is 0.0946. The zero-order valence-corrected chi connectivity index (χ0v) is 24.5. The van der Waals surface area contributed by atoms with Gasteiger partial charge in [-0.1, -0.05) is 90.1 Å². The van der Waals surface area contributed by atoms with Gasteiger partial charge in [-0.3, -0.25) is 14.6 Å². The topological polar surface area (TPSA) is 96.8 Å². The average Bonchev–Trinajstić information content (AvgIpc) is 2.92. The fourth-order valence-electron chi connectivity index (χ4n) is 3.09.